The molecule has 0 aliphatic carbocycles. The average Bonchev–Trinajstić information content (AvgIpc) is 2.31. The van der Waals surface area contributed by atoms with Crippen LogP contribution in [0.25, 0.3) is 0 Å². The molecule has 1 aromatic rings. The largest absolute Gasteiger partial charge is 0.271 e. The van der Waals surface area contributed by atoms with Crippen LogP contribution in [0.2, 0.25) is 8.67 Å². The van der Waals surface area contributed by atoms with Crippen molar-refractivity contribution < 1.29 is 0 Å². The first-order valence-electron chi connectivity index (χ1n) is 3.97. The van der Waals surface area contributed by atoms with E-state index < -0.39 is 0 Å². The Labute approximate surface area is 92.0 Å². The minimum atomic E-state index is 0.0660. The van der Waals surface area contributed by atoms with Gasteiger partial charge in [0.25, 0.3) is 0 Å². The van der Waals surface area contributed by atoms with E-state index in [1.54, 1.807) is 0 Å². The van der Waals surface area contributed by atoms with Gasteiger partial charge >= 0.3 is 0 Å². The lowest BCUT2D eigenvalue weighted by atomic mass is 9.99. The zero-order valence-corrected chi connectivity index (χ0v) is 9.80. The highest BCUT2D eigenvalue weighted by Gasteiger charge is 2.19. The first-order valence-corrected chi connectivity index (χ1v) is 5.54. The van der Waals surface area contributed by atoms with Gasteiger partial charge in [0.15, 0.2) is 0 Å². The van der Waals surface area contributed by atoms with Crippen LogP contribution in [0.15, 0.2) is 6.07 Å². The molecule has 3 N–H and O–H groups in total. The lowest BCUT2D eigenvalue weighted by Gasteiger charge is -2.18. The van der Waals surface area contributed by atoms with Crippen molar-refractivity contribution >= 4 is 34.5 Å². The molecule has 0 aliphatic heterocycles. The molecule has 1 rings (SSSR count). The molecule has 13 heavy (non-hydrogen) atoms. The van der Waals surface area contributed by atoms with Gasteiger partial charge in [0, 0.05) is 5.56 Å². The maximum atomic E-state index is 6.00. The maximum Gasteiger partial charge on any atom is 0.0992 e. The fourth-order valence-corrected chi connectivity index (χ4v) is 2.76. The van der Waals surface area contributed by atoms with Crippen LogP contribution >= 0.6 is 34.5 Å². The summed E-state index contributed by atoms with van der Waals surface area (Å²) in [6.45, 7) is 4.15. The van der Waals surface area contributed by atoms with Crippen molar-refractivity contribution in [2.75, 3.05) is 0 Å². The van der Waals surface area contributed by atoms with E-state index in [4.69, 9.17) is 29.0 Å². The summed E-state index contributed by atoms with van der Waals surface area (Å²) in [5, 5.41) is 0. The third kappa shape index (κ3) is 2.58. The second-order valence-electron chi connectivity index (χ2n) is 3.17. The minimum Gasteiger partial charge on any atom is -0.271 e. The van der Waals surface area contributed by atoms with E-state index in [1.807, 2.05) is 6.07 Å². The van der Waals surface area contributed by atoms with Crippen molar-refractivity contribution in [3.63, 3.8) is 0 Å². The Morgan fingerprint density at radius 2 is 2.08 bits per heavy atom. The van der Waals surface area contributed by atoms with Crippen molar-refractivity contribution in [2.24, 2.45) is 11.8 Å². The van der Waals surface area contributed by atoms with Crippen LogP contribution in [0.4, 0.5) is 0 Å². The monoisotopic (exact) mass is 238 g/mol. The fourth-order valence-electron chi connectivity index (χ4n) is 1.21. The van der Waals surface area contributed by atoms with E-state index in [2.05, 4.69) is 19.3 Å². The number of nitrogens with one attached hydrogen (secondary N) is 1. The Morgan fingerprint density at radius 1 is 1.46 bits per heavy atom. The van der Waals surface area contributed by atoms with E-state index >= 15 is 0 Å². The van der Waals surface area contributed by atoms with Gasteiger partial charge < -0.3 is 0 Å². The second kappa shape index (κ2) is 4.62. The van der Waals surface area contributed by atoms with Crippen LogP contribution in [-0.2, 0) is 0 Å². The summed E-state index contributed by atoms with van der Waals surface area (Å²) < 4.78 is 1.41. The van der Waals surface area contributed by atoms with Crippen molar-refractivity contribution in [1.82, 2.24) is 5.43 Å². The second-order valence-corrected chi connectivity index (χ2v) is 5.45. The van der Waals surface area contributed by atoms with Crippen LogP contribution in [-0.4, -0.2) is 0 Å². The smallest absolute Gasteiger partial charge is 0.0992 e. The zero-order valence-electron chi connectivity index (χ0n) is 7.47. The number of rotatable bonds is 3. The van der Waals surface area contributed by atoms with Crippen LogP contribution in [0.3, 0.4) is 0 Å². The predicted octanol–water partition coefficient (Wildman–Crippen LogP) is 3.22. The molecule has 0 saturated heterocycles. The van der Waals surface area contributed by atoms with Gasteiger partial charge in [-0.05, 0) is 12.0 Å². The van der Waals surface area contributed by atoms with E-state index in [9.17, 15) is 0 Å². The van der Waals surface area contributed by atoms with Crippen LogP contribution in [0, 0.1) is 5.92 Å². The van der Waals surface area contributed by atoms with Gasteiger partial charge in [-0.1, -0.05) is 37.0 Å². The fraction of sp³-hybridized carbons (Fsp3) is 0.500. The minimum absolute atomic E-state index is 0.0660. The summed E-state index contributed by atoms with van der Waals surface area (Å²) in [7, 11) is 0. The zero-order chi connectivity index (χ0) is 10.0. The molecule has 0 spiro atoms. The van der Waals surface area contributed by atoms with Gasteiger partial charge in [-0.25, -0.2) is 0 Å². The molecule has 0 fully saturated rings. The molecule has 0 saturated carbocycles. The molecule has 0 aromatic carbocycles. The molecule has 2 nitrogen and oxygen atoms in total. The maximum absolute atomic E-state index is 6.00. The lowest BCUT2D eigenvalue weighted by Crippen LogP contribution is -2.31. The summed E-state index contributed by atoms with van der Waals surface area (Å²) in [6, 6.07) is 1.93. The number of hydrogen-bond acceptors (Lipinski definition) is 3. The predicted molar refractivity (Wildman–Crippen MR) is 59.2 cm³/mol. The first-order chi connectivity index (χ1) is 6.06. The highest BCUT2D eigenvalue weighted by Crippen LogP contribution is 2.36. The number of halogens is 2. The SMILES string of the molecule is CC(C)C(NN)c1cc(Cl)sc1Cl. The van der Waals surface area contributed by atoms with E-state index in [0.717, 1.165) is 5.56 Å². The number of hydrogen-bond donors (Lipinski definition) is 2. The van der Waals surface area contributed by atoms with Gasteiger partial charge in [-0.15, -0.1) is 11.3 Å². The number of thiophene rings is 1. The Hall–Kier alpha value is 0.200. The van der Waals surface area contributed by atoms with Crippen molar-refractivity contribution in [2.45, 2.75) is 19.9 Å². The van der Waals surface area contributed by atoms with Gasteiger partial charge in [0.2, 0.25) is 0 Å². The molecule has 0 bridgehead atoms. The van der Waals surface area contributed by atoms with Gasteiger partial charge in [0.1, 0.15) is 0 Å². The standard InChI is InChI=1S/C8H12Cl2N2S/c1-4(2)7(12-11)5-3-6(9)13-8(5)10/h3-4,7,12H,11H2,1-2H3. The first kappa shape index (κ1) is 11.3. The van der Waals surface area contributed by atoms with Crippen molar-refractivity contribution in [3.05, 3.63) is 20.3 Å². The third-order valence-electron chi connectivity index (χ3n) is 1.86. The molecule has 0 aliphatic rings. The molecule has 0 radical (unpaired) electrons. The van der Waals surface area contributed by atoms with E-state index in [1.165, 1.54) is 11.3 Å². The normalized spacial score (nSPS) is 13.7. The summed E-state index contributed by atoms with van der Waals surface area (Å²) in [6.07, 6.45) is 0. The van der Waals surface area contributed by atoms with E-state index in [0.29, 0.717) is 14.6 Å². The van der Waals surface area contributed by atoms with Crippen LogP contribution in [0.1, 0.15) is 25.5 Å². The van der Waals surface area contributed by atoms with Gasteiger partial charge in [0.05, 0.1) is 14.7 Å². The average molecular weight is 239 g/mol. The Kier molecular flexibility index (Phi) is 4.01. The molecule has 1 aromatic heterocycles. The molecule has 0 amide bonds. The summed E-state index contributed by atoms with van der Waals surface area (Å²) >= 11 is 13.2. The van der Waals surface area contributed by atoms with Crippen molar-refractivity contribution in [1.29, 1.82) is 0 Å². The van der Waals surface area contributed by atoms with E-state index in [-0.39, 0.29) is 6.04 Å². The third-order valence-corrected chi connectivity index (χ3v) is 3.38. The van der Waals surface area contributed by atoms with Gasteiger partial charge in [-0.2, -0.15) is 0 Å². The molecule has 5 heteroatoms. The topological polar surface area (TPSA) is 38.0 Å². The van der Waals surface area contributed by atoms with Crippen molar-refractivity contribution in [3.8, 4) is 0 Å². The summed E-state index contributed by atoms with van der Waals surface area (Å²) in [5.74, 6) is 5.82. The highest BCUT2D eigenvalue weighted by atomic mass is 35.5. The summed E-state index contributed by atoms with van der Waals surface area (Å²) in [5.41, 5.74) is 3.72. The van der Waals surface area contributed by atoms with Crippen LogP contribution < -0.4 is 11.3 Å². The quantitative estimate of drug-likeness (QED) is 0.627. The van der Waals surface area contributed by atoms with Crippen LogP contribution in [0.5, 0.6) is 0 Å². The number of nitrogens with two attached hydrogens (primary N) is 1. The molecular weight excluding hydrogens is 227 g/mol. The molecule has 1 atom stereocenters. The Balaban J connectivity index is 2.97. The molecular formula is C8H12Cl2N2S. The number of hydrazine groups is 1. The van der Waals surface area contributed by atoms with Gasteiger partial charge in [-0.3, -0.25) is 11.3 Å². The molecule has 1 heterocycles. The Bertz CT molecular complexity index is 286. The molecule has 74 valence electrons. The lowest BCUT2D eigenvalue weighted by molar-refractivity contribution is 0.422. The summed E-state index contributed by atoms with van der Waals surface area (Å²) in [4.78, 5) is 0. The Morgan fingerprint density at radius 3 is 2.38 bits per heavy atom. The highest BCUT2D eigenvalue weighted by molar-refractivity contribution is 7.20. The molecule has 1 unspecified atom stereocenters.